The van der Waals surface area contributed by atoms with Gasteiger partial charge in [-0.25, -0.2) is 0 Å². The number of rotatable bonds is 55. The highest BCUT2D eigenvalue weighted by Gasteiger charge is 2.20. The van der Waals surface area contributed by atoms with Gasteiger partial charge in [-0.05, 0) is 70.6 Å². The number of unbranched alkanes of at least 4 members (excludes halogenated alkanes) is 40. The van der Waals surface area contributed by atoms with E-state index in [1.54, 1.807) is 0 Å². The fourth-order valence-corrected chi connectivity index (χ4v) is 9.15. The highest BCUT2D eigenvalue weighted by molar-refractivity contribution is 5.76. The van der Waals surface area contributed by atoms with E-state index in [-0.39, 0.29) is 18.5 Å². The zero-order chi connectivity index (χ0) is 47.9. The van der Waals surface area contributed by atoms with Crippen LogP contribution >= 0.6 is 0 Å². The Labute approximate surface area is 411 Å². The molecule has 0 bridgehead atoms. The fraction of sp³-hybridized carbons (Fsp3) is 0.900. The van der Waals surface area contributed by atoms with Gasteiger partial charge in [-0.15, -0.1) is 0 Å². The number of carbonyl (C=O) groups excluding carboxylic acids is 2. The van der Waals surface area contributed by atoms with Crippen LogP contribution in [-0.2, 0) is 14.3 Å². The minimum absolute atomic E-state index is 0.00318. The Morgan fingerprint density at radius 3 is 1.12 bits per heavy atom. The van der Waals surface area contributed by atoms with Crippen molar-refractivity contribution in [3.63, 3.8) is 0 Å². The molecule has 0 rings (SSSR count). The monoisotopic (exact) mass is 930 g/mol. The zero-order valence-corrected chi connectivity index (χ0v) is 44.4. The van der Waals surface area contributed by atoms with Gasteiger partial charge in [0.05, 0.1) is 25.4 Å². The Balaban J connectivity index is 3.38. The predicted molar refractivity (Wildman–Crippen MR) is 287 cm³/mol. The first-order valence-corrected chi connectivity index (χ1v) is 29.6. The van der Waals surface area contributed by atoms with E-state index in [9.17, 15) is 19.8 Å². The molecule has 0 saturated carbocycles. The highest BCUT2D eigenvalue weighted by atomic mass is 16.5. The molecule has 0 aromatic carbocycles. The number of esters is 1. The second kappa shape index (κ2) is 55.9. The number of carbonyl (C=O) groups is 2. The number of amides is 1. The molecule has 390 valence electrons. The molecule has 66 heavy (non-hydrogen) atoms. The topological polar surface area (TPSA) is 95.9 Å². The Morgan fingerprint density at radius 2 is 0.727 bits per heavy atom. The maximum Gasteiger partial charge on any atom is 0.305 e. The van der Waals surface area contributed by atoms with Crippen molar-refractivity contribution in [2.75, 3.05) is 13.2 Å². The molecule has 0 spiro atoms. The van der Waals surface area contributed by atoms with Crippen molar-refractivity contribution >= 4 is 11.9 Å². The van der Waals surface area contributed by atoms with Gasteiger partial charge in [0.15, 0.2) is 0 Å². The molecule has 1 amide bonds. The summed E-state index contributed by atoms with van der Waals surface area (Å²) in [6, 6.07) is -0.541. The number of aliphatic hydroxyl groups excluding tert-OH is 2. The summed E-state index contributed by atoms with van der Waals surface area (Å²) in [6.45, 7) is 4.92. The maximum absolute atomic E-state index is 12.4. The lowest BCUT2D eigenvalue weighted by atomic mass is 10.0. The average Bonchev–Trinajstić information content (AvgIpc) is 3.32. The molecule has 0 aromatic rings. The predicted octanol–water partition coefficient (Wildman–Crippen LogP) is 18.2. The summed E-state index contributed by atoms with van der Waals surface area (Å²) in [5.74, 6) is -0.0334. The second-order valence-electron chi connectivity index (χ2n) is 20.3. The van der Waals surface area contributed by atoms with Gasteiger partial charge in [0.1, 0.15) is 0 Å². The van der Waals surface area contributed by atoms with Gasteiger partial charge in [0, 0.05) is 12.8 Å². The summed E-state index contributed by atoms with van der Waals surface area (Å²) in [7, 11) is 0. The number of hydrogen-bond donors (Lipinski definition) is 3. The van der Waals surface area contributed by atoms with E-state index in [0.717, 1.165) is 44.9 Å². The number of hydrogen-bond acceptors (Lipinski definition) is 5. The molecule has 0 aliphatic rings. The molecule has 6 nitrogen and oxygen atoms in total. The summed E-state index contributed by atoms with van der Waals surface area (Å²) in [5.41, 5.74) is 0. The Hall–Kier alpha value is -1.66. The van der Waals surface area contributed by atoms with Gasteiger partial charge in [-0.3, -0.25) is 9.59 Å². The SMILES string of the molecule is CCCC/C=C\CCCCCCCC(=O)OCCCCCCCCCCCCCC/C=C\CCCCCCCCCCCCC(=O)NC(CO)C(O)CCCCCCCCCCCCCC. The van der Waals surface area contributed by atoms with E-state index in [1.165, 1.54) is 244 Å². The van der Waals surface area contributed by atoms with Crippen molar-refractivity contribution in [3.8, 4) is 0 Å². The van der Waals surface area contributed by atoms with Gasteiger partial charge in [-0.2, -0.15) is 0 Å². The number of ether oxygens (including phenoxy) is 1. The lowest BCUT2D eigenvalue weighted by molar-refractivity contribution is -0.143. The summed E-state index contributed by atoms with van der Waals surface area (Å²) in [4.78, 5) is 24.4. The minimum atomic E-state index is -0.664. The summed E-state index contributed by atoms with van der Waals surface area (Å²) >= 11 is 0. The molecule has 2 unspecified atom stereocenters. The molecule has 0 aromatic heterocycles. The molecule has 2 atom stereocenters. The lowest BCUT2D eigenvalue weighted by Crippen LogP contribution is -2.45. The summed E-state index contributed by atoms with van der Waals surface area (Å²) < 4.78 is 5.46. The van der Waals surface area contributed by atoms with Crippen LogP contribution in [0.25, 0.3) is 0 Å². The number of nitrogens with one attached hydrogen (secondary N) is 1. The molecular formula is C60H115NO5. The summed E-state index contributed by atoms with van der Waals surface area (Å²) in [6.07, 6.45) is 67.6. The molecule has 0 fully saturated rings. The van der Waals surface area contributed by atoms with Crippen molar-refractivity contribution in [1.82, 2.24) is 5.32 Å². The first-order valence-electron chi connectivity index (χ1n) is 29.6. The first-order chi connectivity index (χ1) is 32.5. The highest BCUT2D eigenvalue weighted by Crippen LogP contribution is 2.17. The van der Waals surface area contributed by atoms with Crippen LogP contribution in [0.15, 0.2) is 24.3 Å². The van der Waals surface area contributed by atoms with E-state index in [1.807, 2.05) is 0 Å². The van der Waals surface area contributed by atoms with Crippen molar-refractivity contribution < 1.29 is 24.5 Å². The molecule has 0 aliphatic carbocycles. The van der Waals surface area contributed by atoms with Crippen molar-refractivity contribution in [3.05, 3.63) is 24.3 Å². The lowest BCUT2D eigenvalue weighted by Gasteiger charge is -2.22. The van der Waals surface area contributed by atoms with E-state index >= 15 is 0 Å². The first kappa shape index (κ1) is 64.3. The number of allylic oxidation sites excluding steroid dienone is 4. The van der Waals surface area contributed by atoms with E-state index in [2.05, 4.69) is 43.5 Å². The zero-order valence-electron chi connectivity index (χ0n) is 44.4. The van der Waals surface area contributed by atoms with Crippen LogP contribution in [0.4, 0.5) is 0 Å². The minimum Gasteiger partial charge on any atom is -0.466 e. The molecule has 0 heterocycles. The van der Waals surface area contributed by atoms with Gasteiger partial charge in [0.2, 0.25) is 5.91 Å². The largest absolute Gasteiger partial charge is 0.466 e. The van der Waals surface area contributed by atoms with E-state index in [0.29, 0.717) is 25.9 Å². The van der Waals surface area contributed by atoms with Crippen LogP contribution in [0.3, 0.4) is 0 Å². The maximum atomic E-state index is 12.4. The van der Waals surface area contributed by atoms with Crippen LogP contribution < -0.4 is 5.32 Å². The van der Waals surface area contributed by atoms with Gasteiger partial charge < -0.3 is 20.3 Å². The third kappa shape index (κ3) is 51.7. The molecule has 0 aliphatic heterocycles. The van der Waals surface area contributed by atoms with Gasteiger partial charge >= 0.3 is 5.97 Å². The normalized spacial score (nSPS) is 12.7. The van der Waals surface area contributed by atoms with Crippen LogP contribution in [0.1, 0.15) is 322 Å². The van der Waals surface area contributed by atoms with Gasteiger partial charge in [0.25, 0.3) is 0 Å². The third-order valence-electron chi connectivity index (χ3n) is 13.7. The van der Waals surface area contributed by atoms with Crippen molar-refractivity contribution in [2.45, 2.75) is 334 Å². The number of aliphatic hydroxyl groups is 2. The quantitative estimate of drug-likeness (QED) is 0.0321. The molecule has 3 N–H and O–H groups in total. The summed E-state index contributed by atoms with van der Waals surface area (Å²) in [5, 5.41) is 23.2. The third-order valence-corrected chi connectivity index (χ3v) is 13.7. The van der Waals surface area contributed by atoms with Crippen molar-refractivity contribution in [1.29, 1.82) is 0 Å². The van der Waals surface area contributed by atoms with E-state index < -0.39 is 12.1 Å². The molecule has 0 saturated heterocycles. The fourth-order valence-electron chi connectivity index (χ4n) is 9.15. The standard InChI is InChI=1S/C60H115NO5/c1-3-5-7-9-11-13-15-33-36-40-44-48-52-58(63)57(56-62)61-59(64)53-49-45-41-37-34-30-28-26-24-22-20-18-16-17-19-21-23-25-27-29-31-35-39-43-47-51-55-66-60(65)54-50-46-42-38-32-14-12-10-8-6-4-2/h10,12,16,18,57-58,62-63H,3-9,11,13-15,17,19-56H2,1-2H3,(H,61,64)/b12-10-,18-16-. The van der Waals surface area contributed by atoms with Crippen LogP contribution in [0.2, 0.25) is 0 Å². The Bertz CT molecular complexity index is 1030. The van der Waals surface area contributed by atoms with Crippen LogP contribution in [0.5, 0.6) is 0 Å². The smallest absolute Gasteiger partial charge is 0.305 e. The molecular weight excluding hydrogens is 815 g/mol. The Morgan fingerprint density at radius 1 is 0.409 bits per heavy atom. The molecule has 6 heteroatoms. The van der Waals surface area contributed by atoms with Crippen LogP contribution in [0, 0.1) is 0 Å². The van der Waals surface area contributed by atoms with E-state index in [4.69, 9.17) is 4.74 Å². The van der Waals surface area contributed by atoms with Gasteiger partial charge in [-0.1, -0.05) is 263 Å². The Kier molecular flexibility index (Phi) is 54.5. The second-order valence-corrected chi connectivity index (χ2v) is 20.3. The van der Waals surface area contributed by atoms with Crippen molar-refractivity contribution in [2.24, 2.45) is 0 Å². The average molecular weight is 931 g/mol. The molecule has 0 radical (unpaired) electrons. The van der Waals surface area contributed by atoms with Crippen LogP contribution in [-0.4, -0.2) is 47.4 Å².